The van der Waals surface area contributed by atoms with E-state index in [1.807, 2.05) is 23.1 Å². The lowest BCUT2D eigenvalue weighted by atomic mass is 9.74. The number of nitrogens with one attached hydrogen (secondary N) is 4. The van der Waals surface area contributed by atoms with E-state index in [1.54, 1.807) is 0 Å². The van der Waals surface area contributed by atoms with Crippen molar-refractivity contribution in [3.63, 3.8) is 0 Å². The molecule has 0 unspecified atom stereocenters. The highest BCUT2D eigenvalue weighted by Crippen LogP contribution is 2.58. The summed E-state index contributed by atoms with van der Waals surface area (Å²) in [5, 5.41) is 11.7. The van der Waals surface area contributed by atoms with Crippen LogP contribution in [0, 0.1) is 0 Å². The molecule has 4 N–H and O–H groups in total. The SMILES string of the molecule is CCN(CC)c1ccc2c(c1)Oc1cc(N(CC)CC)ccc1C21c2ccccc2C(=O)N1CCN(CCNC(=O)NCC[Si](OC)(OC)OC)CCNC(=O)NCC[Si](OC)(OC)OC. The van der Waals surface area contributed by atoms with Gasteiger partial charge >= 0.3 is 29.7 Å². The Kier molecular flexibility index (Phi) is 19.2. The zero-order chi connectivity index (χ0) is 47.9. The van der Waals surface area contributed by atoms with Crippen LogP contribution in [0.4, 0.5) is 21.0 Å². The molecule has 1 spiro atoms. The van der Waals surface area contributed by atoms with Gasteiger partial charge in [-0.3, -0.25) is 9.69 Å². The minimum Gasteiger partial charge on any atom is -0.456 e. The van der Waals surface area contributed by atoms with E-state index >= 15 is 0 Å². The molecule has 0 aromatic heterocycles. The number of hydrogen-bond acceptors (Lipinski definition) is 13. The number of ether oxygens (including phenoxy) is 1. The maximum Gasteiger partial charge on any atom is 0.501 e. The van der Waals surface area contributed by atoms with Gasteiger partial charge in [-0.25, -0.2) is 9.59 Å². The zero-order valence-corrected chi connectivity index (χ0v) is 42.5. The Bertz CT molecular complexity index is 1950. The molecule has 0 fully saturated rings. The first-order valence-electron chi connectivity index (χ1n) is 22.9. The van der Waals surface area contributed by atoms with Crippen molar-refractivity contribution in [3.05, 3.63) is 82.9 Å². The molecule has 2 aliphatic rings. The monoisotopic (exact) mass is 952 g/mol. The van der Waals surface area contributed by atoms with Gasteiger partial charge in [0.2, 0.25) is 0 Å². The Labute approximate surface area is 393 Å². The van der Waals surface area contributed by atoms with Crippen LogP contribution in [0.15, 0.2) is 60.7 Å². The van der Waals surface area contributed by atoms with Crippen LogP contribution in [0.1, 0.15) is 54.7 Å². The standard InChI is InChI=1S/C46H72N8O10Si2/c1-11-52(12-2)35-19-21-39-41(33-35)64-42-34-36(53(13-3)14-4)20-22-40(42)46(39)38-18-16-15-17-37(38)43(55)54(46)30-29-51(27-23-47-44(56)49-25-31-65(58-5,59-6)60-7)28-24-48-45(57)50-26-32-66(61-8,62-9)63-10/h15-22,33-34H,11-14,23-32H2,1-10H3,(H2,47,49,56)(H2,48,50,57). The second kappa shape index (κ2) is 24.3. The Morgan fingerprint density at radius 3 is 1.44 bits per heavy atom. The fraction of sp³-hybridized carbons (Fsp3) is 0.543. The second-order valence-corrected chi connectivity index (χ2v) is 22.0. The van der Waals surface area contributed by atoms with E-state index in [0.29, 0.717) is 55.3 Å². The number of rotatable bonds is 27. The lowest BCUT2D eigenvalue weighted by molar-refractivity contribution is 0.0636. The molecule has 20 heteroatoms. The molecule has 0 aliphatic carbocycles. The molecule has 0 saturated heterocycles. The predicted octanol–water partition coefficient (Wildman–Crippen LogP) is 4.89. The molecule has 66 heavy (non-hydrogen) atoms. The van der Waals surface area contributed by atoms with E-state index in [2.05, 4.69) is 106 Å². The number of anilines is 2. The summed E-state index contributed by atoms with van der Waals surface area (Å²) in [6.07, 6.45) is 0. The molecule has 0 saturated carbocycles. The van der Waals surface area contributed by atoms with Gasteiger partial charge in [-0.05, 0) is 51.5 Å². The number of fused-ring (bicyclic) bond motifs is 6. The summed E-state index contributed by atoms with van der Waals surface area (Å²) in [6.45, 7) is 14.6. The second-order valence-electron chi connectivity index (χ2n) is 15.8. The van der Waals surface area contributed by atoms with Crippen molar-refractivity contribution in [1.82, 2.24) is 31.1 Å². The molecule has 364 valence electrons. The highest BCUT2D eigenvalue weighted by atomic mass is 28.4. The molecule has 0 atom stereocenters. The molecular formula is C46H72N8O10Si2. The molecular weight excluding hydrogens is 881 g/mol. The quantitative estimate of drug-likeness (QED) is 0.0762. The van der Waals surface area contributed by atoms with Crippen LogP contribution < -0.4 is 35.8 Å². The van der Waals surface area contributed by atoms with Crippen molar-refractivity contribution < 1.29 is 45.7 Å². The van der Waals surface area contributed by atoms with Crippen LogP contribution in [-0.2, 0) is 32.1 Å². The van der Waals surface area contributed by atoms with Crippen LogP contribution in [0.3, 0.4) is 0 Å². The minimum absolute atomic E-state index is 0.0920. The van der Waals surface area contributed by atoms with Crippen molar-refractivity contribution in [2.75, 3.05) is 131 Å². The smallest absolute Gasteiger partial charge is 0.456 e. The van der Waals surface area contributed by atoms with E-state index in [0.717, 1.165) is 54.2 Å². The maximum atomic E-state index is 15.0. The van der Waals surface area contributed by atoms with Crippen molar-refractivity contribution in [2.45, 2.75) is 45.3 Å². The Morgan fingerprint density at radius 2 is 1.02 bits per heavy atom. The fourth-order valence-corrected chi connectivity index (χ4v) is 12.1. The van der Waals surface area contributed by atoms with Crippen LogP contribution in [-0.4, -0.2) is 167 Å². The van der Waals surface area contributed by atoms with Crippen LogP contribution >= 0.6 is 0 Å². The predicted molar refractivity (Wildman–Crippen MR) is 260 cm³/mol. The van der Waals surface area contributed by atoms with Gasteiger partial charge in [0.05, 0.1) is 0 Å². The first kappa shape index (κ1) is 52.2. The average molecular weight is 953 g/mol. The highest BCUT2D eigenvalue weighted by Gasteiger charge is 2.56. The Morgan fingerprint density at radius 1 is 0.591 bits per heavy atom. The molecule has 2 heterocycles. The lowest BCUT2D eigenvalue weighted by Gasteiger charge is -2.45. The summed E-state index contributed by atoms with van der Waals surface area (Å²) in [7, 11) is 3.45. The van der Waals surface area contributed by atoms with Gasteiger partial charge in [0.1, 0.15) is 17.0 Å². The van der Waals surface area contributed by atoms with Gasteiger partial charge in [0, 0.05) is 173 Å². The maximum absolute atomic E-state index is 15.0. The van der Waals surface area contributed by atoms with Gasteiger partial charge in [0.15, 0.2) is 0 Å². The third kappa shape index (κ3) is 11.3. The van der Waals surface area contributed by atoms with Crippen molar-refractivity contribution in [2.24, 2.45) is 0 Å². The van der Waals surface area contributed by atoms with Gasteiger partial charge < -0.3 is 67.3 Å². The number of amides is 5. The van der Waals surface area contributed by atoms with E-state index < -0.39 is 23.1 Å². The number of carbonyl (C=O) groups excluding carboxylic acids is 3. The summed E-state index contributed by atoms with van der Waals surface area (Å²) in [4.78, 5) is 49.6. The summed E-state index contributed by atoms with van der Waals surface area (Å²) < 4.78 is 39.8. The van der Waals surface area contributed by atoms with Crippen LogP contribution in [0.2, 0.25) is 12.1 Å². The van der Waals surface area contributed by atoms with Crippen molar-refractivity contribution in [3.8, 4) is 11.5 Å². The molecule has 5 amide bonds. The first-order valence-corrected chi connectivity index (χ1v) is 26.7. The topological polar surface area (TPSA) is 177 Å². The largest absolute Gasteiger partial charge is 0.501 e. The molecule has 5 rings (SSSR count). The first-order chi connectivity index (χ1) is 31.9. The van der Waals surface area contributed by atoms with Gasteiger partial charge in [-0.2, -0.15) is 0 Å². The molecule has 2 aliphatic heterocycles. The number of hydrogen-bond donors (Lipinski definition) is 4. The number of urea groups is 2. The summed E-state index contributed by atoms with van der Waals surface area (Å²) >= 11 is 0. The molecule has 18 nitrogen and oxygen atoms in total. The van der Waals surface area contributed by atoms with E-state index in [9.17, 15) is 14.4 Å². The van der Waals surface area contributed by atoms with Crippen molar-refractivity contribution >= 4 is 47.0 Å². The molecule has 3 aromatic carbocycles. The van der Waals surface area contributed by atoms with Crippen LogP contribution in [0.25, 0.3) is 0 Å². The van der Waals surface area contributed by atoms with E-state index in [1.165, 1.54) is 42.7 Å². The summed E-state index contributed by atoms with van der Waals surface area (Å²) in [5.41, 5.74) is 4.34. The van der Waals surface area contributed by atoms with Gasteiger partial charge in [-0.1, -0.05) is 30.3 Å². The molecule has 0 radical (unpaired) electrons. The minimum atomic E-state index is -2.87. The van der Waals surface area contributed by atoms with Crippen LogP contribution in [0.5, 0.6) is 11.5 Å². The lowest BCUT2D eigenvalue weighted by Crippen LogP contribution is -2.51. The Balaban J connectivity index is 1.45. The summed E-state index contributed by atoms with van der Waals surface area (Å²) in [6, 6.07) is 20.6. The van der Waals surface area contributed by atoms with E-state index in [4.69, 9.17) is 31.3 Å². The third-order valence-electron chi connectivity index (χ3n) is 12.8. The number of carbonyl (C=O) groups is 3. The molecule has 3 aromatic rings. The van der Waals surface area contributed by atoms with Gasteiger partial charge in [0.25, 0.3) is 5.91 Å². The normalized spacial score (nSPS) is 13.8. The van der Waals surface area contributed by atoms with Crippen molar-refractivity contribution in [1.29, 1.82) is 0 Å². The van der Waals surface area contributed by atoms with E-state index in [-0.39, 0.29) is 44.1 Å². The van der Waals surface area contributed by atoms with Gasteiger partial charge in [-0.15, -0.1) is 0 Å². The Hall–Kier alpha value is -4.78. The third-order valence-corrected chi connectivity index (χ3v) is 18.2. The number of benzene rings is 3. The number of nitrogens with zero attached hydrogens (tertiary/aromatic N) is 4. The highest BCUT2D eigenvalue weighted by molar-refractivity contribution is 6.61. The molecule has 0 bridgehead atoms. The summed E-state index contributed by atoms with van der Waals surface area (Å²) in [5.74, 6) is 1.30. The fourth-order valence-electron chi connectivity index (χ4n) is 9.03. The average Bonchev–Trinajstić information content (AvgIpc) is 3.58. The zero-order valence-electron chi connectivity index (χ0n) is 40.5.